The molecule has 1 aliphatic rings. The van der Waals surface area contributed by atoms with Crippen LogP contribution in [0.2, 0.25) is 0 Å². The smallest absolute Gasteiger partial charge is 0.356 e. The van der Waals surface area contributed by atoms with Gasteiger partial charge in [0.05, 0.1) is 12.3 Å². The molecule has 2 rings (SSSR count). The maximum atomic E-state index is 12.7. The Morgan fingerprint density at radius 1 is 0.914 bits per heavy atom. The van der Waals surface area contributed by atoms with Crippen molar-refractivity contribution in [2.45, 2.75) is 69.7 Å². The molecule has 1 unspecified atom stereocenters. The van der Waals surface area contributed by atoms with Crippen molar-refractivity contribution >= 4 is 52.4 Å². The predicted molar refractivity (Wildman–Crippen MR) is 123 cm³/mol. The van der Waals surface area contributed by atoms with Gasteiger partial charge in [-0.3, -0.25) is 19.2 Å². The van der Waals surface area contributed by atoms with Crippen LogP contribution in [0.15, 0.2) is 6.07 Å². The number of hydrogen-bond acceptors (Lipinski definition) is 12. The van der Waals surface area contributed by atoms with Crippen LogP contribution in [0, 0.1) is 0 Å². The van der Waals surface area contributed by atoms with Gasteiger partial charge in [0.25, 0.3) is 0 Å². The van der Waals surface area contributed by atoms with Crippen molar-refractivity contribution in [2.75, 3.05) is 13.2 Å². The summed E-state index contributed by atoms with van der Waals surface area (Å²) in [5.41, 5.74) is 0.473. The summed E-state index contributed by atoms with van der Waals surface area (Å²) < 4.78 is 34.0. The van der Waals surface area contributed by atoms with Gasteiger partial charge in [0.2, 0.25) is 0 Å². The number of ether oxygens (including phenoxy) is 6. The zero-order valence-electron chi connectivity index (χ0n) is 19.8. The van der Waals surface area contributed by atoms with Crippen LogP contribution in [0.5, 0.6) is 0 Å². The van der Waals surface area contributed by atoms with E-state index in [1.807, 2.05) is 22.6 Å². The lowest BCUT2D eigenvalue weighted by molar-refractivity contribution is -0.270. The van der Waals surface area contributed by atoms with E-state index in [1.54, 1.807) is 6.92 Å². The van der Waals surface area contributed by atoms with E-state index >= 15 is 0 Å². The van der Waals surface area contributed by atoms with Crippen molar-refractivity contribution in [2.24, 2.45) is 0 Å². The molecule has 5 atom stereocenters. The van der Waals surface area contributed by atoms with Crippen molar-refractivity contribution in [1.29, 1.82) is 0 Å². The van der Waals surface area contributed by atoms with Gasteiger partial charge < -0.3 is 28.4 Å². The number of halogens is 1. The van der Waals surface area contributed by atoms with Crippen molar-refractivity contribution < 1.29 is 52.4 Å². The van der Waals surface area contributed by atoms with E-state index in [4.69, 9.17) is 28.4 Å². The van der Waals surface area contributed by atoms with Crippen molar-refractivity contribution in [3.05, 3.63) is 17.5 Å². The molecule has 14 heteroatoms. The van der Waals surface area contributed by atoms with Gasteiger partial charge in [-0.25, -0.2) is 9.48 Å². The fourth-order valence-corrected chi connectivity index (χ4v) is 3.84. The van der Waals surface area contributed by atoms with E-state index in [2.05, 4.69) is 5.10 Å². The lowest BCUT2D eigenvalue weighted by Gasteiger charge is -2.44. The van der Waals surface area contributed by atoms with Gasteiger partial charge in [-0.1, -0.05) is 22.6 Å². The summed E-state index contributed by atoms with van der Waals surface area (Å²) >= 11 is 2.05. The Kier molecular flexibility index (Phi) is 10.4. The van der Waals surface area contributed by atoms with E-state index in [-0.39, 0.29) is 12.3 Å². The highest BCUT2D eigenvalue weighted by Crippen LogP contribution is 2.35. The van der Waals surface area contributed by atoms with Crippen molar-refractivity contribution in [3.63, 3.8) is 0 Å². The number of carbonyl (C=O) groups is 5. The fraction of sp³-hybridized carbons (Fsp3) is 0.619. The van der Waals surface area contributed by atoms with Crippen LogP contribution in [0.1, 0.15) is 57.0 Å². The molecule has 13 nitrogen and oxygen atoms in total. The third-order valence-electron chi connectivity index (χ3n) is 4.62. The average Bonchev–Trinajstić information content (AvgIpc) is 3.19. The van der Waals surface area contributed by atoms with Gasteiger partial charge in [-0.05, 0) is 13.0 Å². The van der Waals surface area contributed by atoms with E-state index < -0.39 is 67.1 Å². The second-order valence-corrected chi connectivity index (χ2v) is 8.17. The molecule has 1 aromatic heterocycles. The summed E-state index contributed by atoms with van der Waals surface area (Å²) in [6.07, 6.45) is -6.62. The molecule has 0 saturated carbocycles. The summed E-state index contributed by atoms with van der Waals surface area (Å²) in [6.45, 7) is 5.86. The van der Waals surface area contributed by atoms with E-state index in [0.29, 0.717) is 10.1 Å². The minimum Gasteiger partial charge on any atom is -0.463 e. The summed E-state index contributed by atoms with van der Waals surface area (Å²) in [7, 11) is 0. The Bertz CT molecular complexity index is 963. The van der Waals surface area contributed by atoms with E-state index in [9.17, 15) is 24.0 Å². The fourth-order valence-electron chi connectivity index (χ4n) is 3.46. The molecule has 0 N–H and O–H groups in total. The number of nitrogens with zero attached hydrogens (tertiary/aromatic N) is 2. The zero-order chi connectivity index (χ0) is 26.3. The molecule has 0 spiro atoms. The molecular formula is C21H27IN2O11. The van der Waals surface area contributed by atoms with Gasteiger partial charge in [-0.15, -0.1) is 0 Å². The molecule has 1 saturated heterocycles. The standard InChI is InChI=1S/C21H27IN2O11/c1-6-30-21(29)15-7-14(8-22)23-24(15)20-19(34-13(5)28)18(33-12(4)27)17(32-11(3)26)16(35-20)9-31-10(2)25/h7,16-20H,6,8-9H2,1-5H3/t16-,17-,18+,19-,20?/m0/s1. The van der Waals surface area contributed by atoms with Crippen molar-refractivity contribution in [1.82, 2.24) is 9.78 Å². The monoisotopic (exact) mass is 610 g/mol. The molecule has 0 amide bonds. The van der Waals surface area contributed by atoms with Gasteiger partial charge in [0.15, 0.2) is 24.5 Å². The number of rotatable bonds is 9. The number of alkyl halides is 1. The summed E-state index contributed by atoms with van der Waals surface area (Å²) in [5.74, 6) is -3.64. The Hall–Kier alpha value is -2.75. The largest absolute Gasteiger partial charge is 0.463 e. The molecule has 194 valence electrons. The molecule has 0 radical (unpaired) electrons. The van der Waals surface area contributed by atoms with Gasteiger partial charge in [0.1, 0.15) is 18.4 Å². The molecule has 35 heavy (non-hydrogen) atoms. The Morgan fingerprint density at radius 2 is 1.49 bits per heavy atom. The van der Waals surface area contributed by atoms with Gasteiger partial charge >= 0.3 is 29.8 Å². The summed E-state index contributed by atoms with van der Waals surface area (Å²) in [4.78, 5) is 60.0. The Balaban J connectivity index is 2.67. The first-order chi connectivity index (χ1) is 16.5. The lowest BCUT2D eigenvalue weighted by Crippen LogP contribution is -2.61. The Labute approximate surface area is 214 Å². The SMILES string of the molecule is CCOC(=O)c1cc(CI)nn1C1O[C@@H](COC(C)=O)[C@H](OC(C)=O)[C@@H](OC(C)=O)[C@@H]1OC(C)=O. The minimum atomic E-state index is -1.40. The van der Waals surface area contributed by atoms with Gasteiger partial charge in [0, 0.05) is 32.1 Å². The first kappa shape index (κ1) is 28.5. The maximum Gasteiger partial charge on any atom is 0.356 e. The number of aromatic nitrogens is 2. The van der Waals surface area contributed by atoms with Crippen LogP contribution in [-0.2, 0) is 52.0 Å². The molecule has 2 heterocycles. The number of hydrogen-bond donors (Lipinski definition) is 0. The second kappa shape index (κ2) is 12.8. The topological polar surface area (TPSA) is 159 Å². The highest BCUT2D eigenvalue weighted by molar-refractivity contribution is 14.1. The predicted octanol–water partition coefficient (Wildman–Crippen LogP) is 1.25. The van der Waals surface area contributed by atoms with Crippen LogP contribution in [0.4, 0.5) is 0 Å². The Morgan fingerprint density at radius 3 is 2.00 bits per heavy atom. The average molecular weight is 610 g/mol. The van der Waals surface area contributed by atoms with Crippen molar-refractivity contribution in [3.8, 4) is 0 Å². The molecule has 0 bridgehead atoms. The molecule has 1 aromatic rings. The normalized spacial score (nSPS) is 23.7. The quantitative estimate of drug-likeness (QED) is 0.171. The van der Waals surface area contributed by atoms with Crippen LogP contribution in [0.3, 0.4) is 0 Å². The summed E-state index contributed by atoms with van der Waals surface area (Å²) in [5, 5.41) is 4.38. The van der Waals surface area contributed by atoms with E-state index in [1.165, 1.54) is 13.0 Å². The second-order valence-electron chi connectivity index (χ2n) is 7.41. The highest BCUT2D eigenvalue weighted by Gasteiger charge is 2.53. The molecule has 0 aliphatic carbocycles. The molecular weight excluding hydrogens is 583 g/mol. The first-order valence-electron chi connectivity index (χ1n) is 10.6. The summed E-state index contributed by atoms with van der Waals surface area (Å²) in [6, 6.07) is 1.48. The zero-order valence-corrected chi connectivity index (χ0v) is 22.0. The van der Waals surface area contributed by atoms with Crippen LogP contribution < -0.4 is 0 Å². The maximum absolute atomic E-state index is 12.7. The minimum absolute atomic E-state index is 0.0144. The molecule has 1 aliphatic heterocycles. The van der Waals surface area contributed by atoms with Crippen LogP contribution in [0.25, 0.3) is 0 Å². The lowest BCUT2D eigenvalue weighted by atomic mass is 9.97. The molecule has 0 aromatic carbocycles. The van der Waals surface area contributed by atoms with E-state index in [0.717, 1.165) is 25.5 Å². The van der Waals surface area contributed by atoms with Gasteiger partial charge in [-0.2, -0.15) is 5.10 Å². The third kappa shape index (κ3) is 7.62. The van der Waals surface area contributed by atoms with Crippen LogP contribution >= 0.6 is 22.6 Å². The number of carbonyl (C=O) groups excluding carboxylic acids is 5. The van der Waals surface area contributed by atoms with Crippen LogP contribution in [-0.4, -0.2) is 77.3 Å². The number of esters is 5. The first-order valence-corrected chi connectivity index (χ1v) is 12.1. The highest BCUT2D eigenvalue weighted by atomic mass is 127. The molecule has 1 fully saturated rings. The third-order valence-corrected chi connectivity index (χ3v) is 5.40.